The topological polar surface area (TPSA) is 99.8 Å². The Kier molecular flexibility index (Phi) is 5.19. The summed E-state index contributed by atoms with van der Waals surface area (Å²) in [4.78, 5) is 3.38. The van der Waals surface area contributed by atoms with Crippen LogP contribution in [0.2, 0.25) is 0 Å². The van der Waals surface area contributed by atoms with Crippen molar-refractivity contribution in [1.82, 2.24) is 0 Å². The van der Waals surface area contributed by atoms with Gasteiger partial charge in [-0.15, -0.1) is 0 Å². The van der Waals surface area contributed by atoms with Crippen molar-refractivity contribution in [2.75, 3.05) is 10.6 Å². The van der Waals surface area contributed by atoms with E-state index in [2.05, 4.69) is 33.7 Å². The summed E-state index contributed by atoms with van der Waals surface area (Å²) in [5.41, 5.74) is 3.87. The number of hydrogen-bond acceptors (Lipinski definition) is 5. The van der Waals surface area contributed by atoms with Gasteiger partial charge in [0.25, 0.3) is 0 Å². The van der Waals surface area contributed by atoms with E-state index in [9.17, 15) is 10.5 Å². The number of nitriles is 3. The van der Waals surface area contributed by atoms with Crippen molar-refractivity contribution < 1.29 is 0 Å². The Morgan fingerprint density at radius 3 is 1.82 bits per heavy atom. The van der Waals surface area contributed by atoms with Crippen LogP contribution in [0.4, 0.5) is 28.4 Å². The number of benzene rings is 3. The first-order valence-electron chi connectivity index (χ1n) is 8.17. The largest absolute Gasteiger partial charge is 0.355 e. The minimum atomic E-state index is 0.338. The second kappa shape index (κ2) is 8.07. The normalized spacial score (nSPS) is 9.29. The molecule has 3 aromatic rings. The number of anilines is 4. The van der Waals surface area contributed by atoms with E-state index in [0.29, 0.717) is 45.1 Å². The van der Waals surface area contributed by atoms with E-state index in [0.717, 1.165) is 0 Å². The summed E-state index contributed by atoms with van der Waals surface area (Å²) in [6.07, 6.45) is 0. The van der Waals surface area contributed by atoms with E-state index >= 15 is 0 Å². The molecule has 0 bridgehead atoms. The highest BCUT2D eigenvalue weighted by Gasteiger charge is 2.11. The third kappa shape index (κ3) is 3.89. The maximum atomic E-state index is 9.54. The van der Waals surface area contributed by atoms with Gasteiger partial charge in [0.2, 0.25) is 0 Å². The van der Waals surface area contributed by atoms with Gasteiger partial charge in [-0.1, -0.05) is 18.2 Å². The fraction of sp³-hybridized carbons (Fsp3) is 0. The number of hydrogen-bond donors (Lipinski definition) is 2. The molecule has 130 valence electrons. The van der Waals surface area contributed by atoms with Gasteiger partial charge in [0, 0.05) is 11.4 Å². The molecule has 0 radical (unpaired) electrons. The average Bonchev–Trinajstić information content (AvgIpc) is 2.74. The SMILES string of the molecule is [C-]#[N+]c1cccc(Nc2cc(C#N)c(Nc3cccc(C#N)c3)cc2C#N)c1. The van der Waals surface area contributed by atoms with Crippen LogP contribution in [0.25, 0.3) is 4.85 Å². The lowest BCUT2D eigenvalue weighted by molar-refractivity contribution is 1.41. The lowest BCUT2D eigenvalue weighted by Gasteiger charge is -2.14. The minimum Gasteiger partial charge on any atom is -0.355 e. The highest BCUT2D eigenvalue weighted by atomic mass is 14.9. The highest BCUT2D eigenvalue weighted by molar-refractivity contribution is 5.78. The van der Waals surface area contributed by atoms with Crippen LogP contribution < -0.4 is 10.6 Å². The van der Waals surface area contributed by atoms with E-state index in [4.69, 9.17) is 11.8 Å². The van der Waals surface area contributed by atoms with E-state index in [1.54, 1.807) is 60.7 Å². The van der Waals surface area contributed by atoms with Crippen LogP contribution in [0.15, 0.2) is 60.7 Å². The van der Waals surface area contributed by atoms with Crippen molar-refractivity contribution in [3.05, 3.63) is 88.8 Å². The number of nitrogens with zero attached hydrogens (tertiary/aromatic N) is 4. The Bertz CT molecular complexity index is 1120. The highest BCUT2D eigenvalue weighted by Crippen LogP contribution is 2.30. The van der Waals surface area contributed by atoms with Gasteiger partial charge in [0.05, 0.1) is 40.7 Å². The molecule has 0 saturated carbocycles. The van der Waals surface area contributed by atoms with E-state index in [-0.39, 0.29) is 0 Å². The van der Waals surface area contributed by atoms with Gasteiger partial charge in [-0.05, 0) is 42.5 Å². The Hall–Kier alpha value is -4.78. The lowest BCUT2D eigenvalue weighted by Crippen LogP contribution is -1.99. The monoisotopic (exact) mass is 360 g/mol. The zero-order valence-corrected chi connectivity index (χ0v) is 14.6. The van der Waals surface area contributed by atoms with Crippen LogP contribution in [0.1, 0.15) is 16.7 Å². The molecule has 28 heavy (non-hydrogen) atoms. The molecule has 0 spiro atoms. The molecular weight excluding hydrogens is 348 g/mol. The molecule has 0 aliphatic rings. The predicted octanol–water partition coefficient (Wildman–Crippen LogP) is 5.34. The quantitative estimate of drug-likeness (QED) is 0.612. The van der Waals surface area contributed by atoms with Crippen molar-refractivity contribution in [1.29, 1.82) is 15.8 Å². The first-order valence-corrected chi connectivity index (χ1v) is 8.17. The molecule has 3 rings (SSSR count). The van der Waals surface area contributed by atoms with E-state index < -0.39 is 0 Å². The van der Waals surface area contributed by atoms with Gasteiger partial charge < -0.3 is 10.6 Å². The van der Waals surface area contributed by atoms with Gasteiger partial charge in [0.15, 0.2) is 5.69 Å². The molecule has 3 aromatic carbocycles. The van der Waals surface area contributed by atoms with Crippen LogP contribution >= 0.6 is 0 Å². The number of nitrogens with one attached hydrogen (secondary N) is 2. The van der Waals surface area contributed by atoms with E-state index in [1.165, 1.54) is 0 Å². The maximum Gasteiger partial charge on any atom is 0.189 e. The molecule has 0 amide bonds. The third-order valence-corrected chi connectivity index (χ3v) is 3.92. The molecular formula is C22H12N6. The number of rotatable bonds is 4. The van der Waals surface area contributed by atoms with Crippen molar-refractivity contribution in [2.24, 2.45) is 0 Å². The molecule has 6 nitrogen and oxygen atoms in total. The van der Waals surface area contributed by atoms with Crippen LogP contribution in [-0.2, 0) is 0 Å². The summed E-state index contributed by atoms with van der Waals surface area (Å²) in [6.45, 7) is 7.10. The summed E-state index contributed by atoms with van der Waals surface area (Å²) in [5, 5.41) is 34.3. The Labute approximate surface area is 162 Å². The fourth-order valence-corrected chi connectivity index (χ4v) is 2.62. The molecule has 0 aliphatic heterocycles. The van der Waals surface area contributed by atoms with Gasteiger partial charge in [0.1, 0.15) is 12.1 Å². The van der Waals surface area contributed by atoms with Crippen molar-refractivity contribution in [3.8, 4) is 18.2 Å². The van der Waals surface area contributed by atoms with Gasteiger partial charge >= 0.3 is 0 Å². The molecule has 0 heterocycles. The summed E-state index contributed by atoms with van der Waals surface area (Å²) >= 11 is 0. The van der Waals surface area contributed by atoms with Crippen molar-refractivity contribution in [2.45, 2.75) is 0 Å². The lowest BCUT2D eigenvalue weighted by atomic mass is 10.1. The minimum absolute atomic E-state index is 0.338. The first-order chi connectivity index (χ1) is 13.7. The molecule has 0 aromatic heterocycles. The predicted molar refractivity (Wildman–Crippen MR) is 106 cm³/mol. The van der Waals surface area contributed by atoms with Crippen LogP contribution in [0.3, 0.4) is 0 Å². The molecule has 2 N–H and O–H groups in total. The zero-order chi connectivity index (χ0) is 19.9. The maximum absolute atomic E-state index is 9.54. The van der Waals surface area contributed by atoms with Gasteiger partial charge in [-0.2, -0.15) is 15.8 Å². The zero-order valence-electron chi connectivity index (χ0n) is 14.6. The van der Waals surface area contributed by atoms with Crippen molar-refractivity contribution >= 4 is 28.4 Å². The Morgan fingerprint density at radius 2 is 1.29 bits per heavy atom. The summed E-state index contributed by atoms with van der Waals surface area (Å²) < 4.78 is 0. The van der Waals surface area contributed by atoms with E-state index in [1.807, 2.05) is 0 Å². The van der Waals surface area contributed by atoms with Crippen LogP contribution in [0, 0.1) is 40.6 Å². The average molecular weight is 360 g/mol. The first kappa shape index (κ1) is 18.0. The molecule has 0 fully saturated rings. The van der Waals surface area contributed by atoms with Crippen molar-refractivity contribution in [3.63, 3.8) is 0 Å². The summed E-state index contributed by atoms with van der Waals surface area (Å²) in [6, 6.07) is 23.2. The molecule has 6 heteroatoms. The molecule has 0 atom stereocenters. The molecule has 0 unspecified atom stereocenters. The standard InChI is InChI=1S/C22H12N6/c1-26-18-5-3-7-20(11-18)28-22-10-16(13-24)21(9-17(22)14-25)27-19-6-2-4-15(8-19)12-23/h2-11,27-28H. The fourth-order valence-electron chi connectivity index (χ4n) is 2.62. The molecule has 0 aliphatic carbocycles. The Morgan fingerprint density at radius 1 is 0.714 bits per heavy atom. The molecule has 0 saturated heterocycles. The second-order valence-electron chi connectivity index (χ2n) is 5.77. The Balaban J connectivity index is 1.98. The van der Waals surface area contributed by atoms with Gasteiger partial charge in [-0.25, -0.2) is 4.85 Å². The summed E-state index contributed by atoms with van der Waals surface area (Å²) in [7, 11) is 0. The third-order valence-electron chi connectivity index (χ3n) is 3.92. The van der Waals surface area contributed by atoms with Crippen LogP contribution in [-0.4, -0.2) is 0 Å². The van der Waals surface area contributed by atoms with Crippen LogP contribution in [0.5, 0.6) is 0 Å². The second-order valence-corrected chi connectivity index (χ2v) is 5.77. The summed E-state index contributed by atoms with van der Waals surface area (Å²) in [5.74, 6) is 0. The van der Waals surface area contributed by atoms with Gasteiger partial charge in [-0.3, -0.25) is 0 Å². The smallest absolute Gasteiger partial charge is 0.189 e.